The molecule has 3 aromatic rings. The van der Waals surface area contributed by atoms with Crippen LogP contribution in [0.15, 0.2) is 66.9 Å². The first-order valence-corrected chi connectivity index (χ1v) is 11.5. The van der Waals surface area contributed by atoms with Crippen molar-refractivity contribution < 1.29 is 4.74 Å². The van der Waals surface area contributed by atoms with Gasteiger partial charge in [-0.1, -0.05) is 30.3 Å². The summed E-state index contributed by atoms with van der Waals surface area (Å²) >= 11 is 0. The van der Waals surface area contributed by atoms with Crippen molar-refractivity contribution in [3.8, 4) is 28.4 Å². The Hall–Kier alpha value is -2.72. The lowest BCUT2D eigenvalue weighted by Gasteiger charge is -2.22. The van der Waals surface area contributed by atoms with Gasteiger partial charge in [0.25, 0.3) is 0 Å². The normalized spacial score (nSPS) is 23.3. The van der Waals surface area contributed by atoms with Gasteiger partial charge < -0.3 is 9.64 Å². The van der Waals surface area contributed by atoms with E-state index in [1.165, 1.54) is 25.9 Å². The number of benzene rings is 2. The molecule has 2 aromatic carbocycles. The van der Waals surface area contributed by atoms with Crippen LogP contribution in [0, 0.1) is 17.8 Å². The Morgan fingerprint density at radius 2 is 1.61 bits per heavy atom. The van der Waals surface area contributed by atoms with Crippen LogP contribution in [0.3, 0.4) is 0 Å². The Bertz CT molecular complexity index is 989. The zero-order valence-electron chi connectivity index (χ0n) is 18.4. The molecule has 1 saturated carbocycles. The summed E-state index contributed by atoms with van der Waals surface area (Å²) in [5, 5.41) is 0. The Morgan fingerprint density at radius 3 is 2.29 bits per heavy atom. The molecular formula is C27H31N3O. The fraction of sp³-hybridized carbons (Fsp3) is 0.407. The van der Waals surface area contributed by atoms with Crippen molar-refractivity contribution in [3.05, 3.63) is 66.9 Å². The SMILES string of the molecule is CC(C)N1CC2CC(COc3ccc(-c4ccnc(-c5ccccc5)n4)cc3)CC2C1. The molecular weight excluding hydrogens is 382 g/mol. The van der Waals surface area contributed by atoms with E-state index in [9.17, 15) is 0 Å². The number of likely N-dealkylation sites (tertiary alicyclic amines) is 1. The molecule has 1 aliphatic heterocycles. The molecule has 2 unspecified atom stereocenters. The largest absolute Gasteiger partial charge is 0.493 e. The summed E-state index contributed by atoms with van der Waals surface area (Å²) in [5.41, 5.74) is 3.04. The van der Waals surface area contributed by atoms with E-state index in [1.807, 2.05) is 42.6 Å². The monoisotopic (exact) mass is 413 g/mol. The highest BCUT2D eigenvalue weighted by Gasteiger charge is 2.41. The topological polar surface area (TPSA) is 38.2 Å². The number of fused-ring (bicyclic) bond motifs is 1. The molecule has 5 rings (SSSR count). The van der Waals surface area contributed by atoms with E-state index >= 15 is 0 Å². The van der Waals surface area contributed by atoms with Gasteiger partial charge in [-0.15, -0.1) is 0 Å². The van der Waals surface area contributed by atoms with Gasteiger partial charge in [-0.3, -0.25) is 0 Å². The summed E-state index contributed by atoms with van der Waals surface area (Å²) in [6.07, 6.45) is 4.46. The predicted molar refractivity (Wildman–Crippen MR) is 125 cm³/mol. The second-order valence-corrected chi connectivity index (χ2v) is 9.37. The van der Waals surface area contributed by atoms with Gasteiger partial charge in [0.15, 0.2) is 5.82 Å². The van der Waals surface area contributed by atoms with Gasteiger partial charge in [0.2, 0.25) is 0 Å². The smallest absolute Gasteiger partial charge is 0.159 e. The van der Waals surface area contributed by atoms with Crippen molar-refractivity contribution >= 4 is 0 Å². The van der Waals surface area contributed by atoms with E-state index in [4.69, 9.17) is 9.72 Å². The summed E-state index contributed by atoms with van der Waals surface area (Å²) in [6.45, 7) is 8.01. The molecule has 2 atom stereocenters. The highest BCUT2D eigenvalue weighted by atomic mass is 16.5. The summed E-state index contributed by atoms with van der Waals surface area (Å²) in [5.74, 6) is 4.13. The lowest BCUT2D eigenvalue weighted by Crippen LogP contribution is -2.29. The second-order valence-electron chi connectivity index (χ2n) is 9.37. The third-order valence-corrected chi connectivity index (χ3v) is 6.93. The van der Waals surface area contributed by atoms with Gasteiger partial charge in [0.05, 0.1) is 12.3 Å². The first-order chi connectivity index (χ1) is 15.2. The maximum absolute atomic E-state index is 6.17. The van der Waals surface area contributed by atoms with Crippen molar-refractivity contribution in [2.24, 2.45) is 17.8 Å². The fourth-order valence-electron chi connectivity index (χ4n) is 5.20. The molecule has 4 nitrogen and oxygen atoms in total. The van der Waals surface area contributed by atoms with Gasteiger partial charge in [0, 0.05) is 36.5 Å². The standard InChI is InChI=1S/C27H31N3O/c1-19(2)30-16-23-14-20(15-24(23)17-30)18-31-25-10-8-21(9-11-25)26-12-13-28-27(29-26)22-6-4-3-5-7-22/h3-13,19-20,23-24H,14-18H2,1-2H3. The van der Waals surface area contributed by atoms with Crippen molar-refractivity contribution in [1.29, 1.82) is 0 Å². The molecule has 2 heterocycles. The number of nitrogens with zero attached hydrogens (tertiary/aromatic N) is 3. The second kappa shape index (κ2) is 8.80. The van der Waals surface area contributed by atoms with Crippen LogP contribution in [0.1, 0.15) is 26.7 Å². The van der Waals surface area contributed by atoms with E-state index in [1.54, 1.807) is 0 Å². The van der Waals surface area contributed by atoms with Crippen LogP contribution in [0.2, 0.25) is 0 Å². The van der Waals surface area contributed by atoms with Crippen molar-refractivity contribution in [1.82, 2.24) is 14.9 Å². The molecule has 1 aromatic heterocycles. The Kier molecular flexibility index (Phi) is 5.73. The molecule has 0 N–H and O–H groups in total. The first kappa shape index (κ1) is 20.2. The van der Waals surface area contributed by atoms with E-state index in [0.29, 0.717) is 12.0 Å². The van der Waals surface area contributed by atoms with Gasteiger partial charge >= 0.3 is 0 Å². The van der Waals surface area contributed by atoms with Crippen molar-refractivity contribution in [2.45, 2.75) is 32.7 Å². The van der Waals surface area contributed by atoms with Crippen LogP contribution in [-0.4, -0.2) is 40.6 Å². The minimum absolute atomic E-state index is 0.678. The Morgan fingerprint density at radius 1 is 0.903 bits per heavy atom. The fourth-order valence-corrected chi connectivity index (χ4v) is 5.20. The predicted octanol–water partition coefficient (Wildman–Crippen LogP) is 5.56. The minimum Gasteiger partial charge on any atom is -0.493 e. The molecule has 0 radical (unpaired) electrons. The maximum Gasteiger partial charge on any atom is 0.159 e. The third-order valence-electron chi connectivity index (χ3n) is 6.93. The van der Waals surface area contributed by atoms with E-state index in [-0.39, 0.29) is 0 Å². The van der Waals surface area contributed by atoms with Gasteiger partial charge in [-0.05, 0) is 74.8 Å². The average molecular weight is 414 g/mol. The lowest BCUT2D eigenvalue weighted by atomic mass is 10.0. The van der Waals surface area contributed by atoms with E-state index in [0.717, 1.165) is 46.8 Å². The molecule has 1 aliphatic carbocycles. The van der Waals surface area contributed by atoms with Gasteiger partial charge in [-0.2, -0.15) is 0 Å². The molecule has 2 fully saturated rings. The summed E-state index contributed by atoms with van der Waals surface area (Å²) in [4.78, 5) is 11.8. The number of aromatic nitrogens is 2. The molecule has 0 spiro atoms. The molecule has 1 saturated heterocycles. The molecule has 2 aliphatic rings. The van der Waals surface area contributed by atoms with Crippen LogP contribution in [0.4, 0.5) is 0 Å². The van der Waals surface area contributed by atoms with Crippen LogP contribution in [-0.2, 0) is 0 Å². The average Bonchev–Trinajstić information content (AvgIpc) is 3.38. The summed E-state index contributed by atoms with van der Waals surface area (Å²) in [6, 6.07) is 21.0. The number of ether oxygens (including phenoxy) is 1. The quantitative estimate of drug-likeness (QED) is 0.531. The molecule has 0 amide bonds. The summed E-state index contributed by atoms with van der Waals surface area (Å²) < 4.78 is 6.17. The van der Waals surface area contributed by atoms with Crippen molar-refractivity contribution in [3.63, 3.8) is 0 Å². The molecule has 4 heteroatoms. The van der Waals surface area contributed by atoms with Crippen LogP contribution in [0.5, 0.6) is 5.75 Å². The molecule has 31 heavy (non-hydrogen) atoms. The van der Waals surface area contributed by atoms with Gasteiger partial charge in [-0.25, -0.2) is 9.97 Å². The van der Waals surface area contributed by atoms with Crippen LogP contribution < -0.4 is 4.74 Å². The number of rotatable bonds is 6. The number of hydrogen-bond donors (Lipinski definition) is 0. The summed E-state index contributed by atoms with van der Waals surface area (Å²) in [7, 11) is 0. The highest BCUT2D eigenvalue weighted by Crippen LogP contribution is 2.42. The minimum atomic E-state index is 0.678. The van der Waals surface area contributed by atoms with Gasteiger partial charge in [0.1, 0.15) is 5.75 Å². The molecule has 0 bridgehead atoms. The maximum atomic E-state index is 6.17. The van der Waals surface area contributed by atoms with Crippen molar-refractivity contribution in [2.75, 3.05) is 19.7 Å². The highest BCUT2D eigenvalue weighted by molar-refractivity contribution is 5.63. The zero-order chi connectivity index (χ0) is 21.2. The van der Waals surface area contributed by atoms with E-state index < -0.39 is 0 Å². The zero-order valence-corrected chi connectivity index (χ0v) is 18.4. The van der Waals surface area contributed by atoms with E-state index in [2.05, 4.69) is 48.0 Å². The lowest BCUT2D eigenvalue weighted by molar-refractivity contribution is 0.213. The van der Waals surface area contributed by atoms with Crippen LogP contribution in [0.25, 0.3) is 22.6 Å². The molecule has 160 valence electrons. The first-order valence-electron chi connectivity index (χ1n) is 11.5. The third kappa shape index (κ3) is 4.49. The Balaban J connectivity index is 1.18. The van der Waals surface area contributed by atoms with Crippen LogP contribution >= 0.6 is 0 Å². The number of hydrogen-bond acceptors (Lipinski definition) is 4. The Labute approximate surface area is 185 Å².